The van der Waals surface area contributed by atoms with E-state index in [1.54, 1.807) is 16.8 Å². The molecule has 2 aliphatic rings. The van der Waals surface area contributed by atoms with Gasteiger partial charge in [-0.3, -0.25) is 14.6 Å². The van der Waals surface area contributed by atoms with Crippen LogP contribution in [0.1, 0.15) is 72.2 Å². The normalized spacial score (nSPS) is 22.3. The lowest BCUT2D eigenvalue weighted by atomic mass is 9.91. The Kier molecular flexibility index (Phi) is 5.14. The van der Waals surface area contributed by atoms with E-state index in [2.05, 4.69) is 15.4 Å². The van der Waals surface area contributed by atoms with Crippen LogP contribution in [0.5, 0.6) is 0 Å². The molecule has 9 heteroatoms. The van der Waals surface area contributed by atoms with Crippen LogP contribution in [0.15, 0.2) is 35.3 Å². The third-order valence-corrected chi connectivity index (χ3v) is 5.54. The molecule has 6 nitrogen and oxygen atoms in total. The average Bonchev–Trinajstić information content (AvgIpc) is 3.54. The second kappa shape index (κ2) is 7.61. The largest absolute Gasteiger partial charge is 0.433 e. The number of rotatable bonds is 4. The third-order valence-electron chi connectivity index (χ3n) is 5.54. The summed E-state index contributed by atoms with van der Waals surface area (Å²) in [5.41, 5.74) is -0.0800. The molecule has 0 bridgehead atoms. The van der Waals surface area contributed by atoms with Crippen molar-refractivity contribution in [2.75, 3.05) is 0 Å². The molecule has 2 aliphatic carbocycles. The molecule has 1 amide bonds. The fourth-order valence-electron chi connectivity index (χ4n) is 3.73. The highest BCUT2D eigenvalue weighted by Crippen LogP contribution is 2.38. The van der Waals surface area contributed by atoms with Gasteiger partial charge < -0.3 is 5.32 Å². The van der Waals surface area contributed by atoms with Crippen molar-refractivity contribution >= 4 is 5.91 Å². The van der Waals surface area contributed by atoms with Crippen LogP contribution in [0.3, 0.4) is 0 Å². The lowest BCUT2D eigenvalue weighted by Gasteiger charge is -2.29. The number of hydrogen-bond acceptors (Lipinski definition) is 4. The number of halogens is 3. The van der Waals surface area contributed by atoms with Gasteiger partial charge in [-0.05, 0) is 56.7 Å². The monoisotopic (exact) mass is 406 g/mol. The first kappa shape index (κ1) is 19.6. The fraction of sp³-hybridized carbons (Fsp3) is 0.500. The first-order valence-electron chi connectivity index (χ1n) is 9.75. The standard InChI is InChI=1S/C20H21F3N4O2/c21-20(22,23)17-9-3-13(11-24-17)19(29)25-14-4-6-15(7-5-14)27-18(28)10-8-16(26-27)12-1-2-12/h3,8-12,14-15H,1-2,4-7H2,(H,25,29). The Morgan fingerprint density at radius 2 is 1.76 bits per heavy atom. The van der Waals surface area contributed by atoms with Crippen LogP contribution in [-0.4, -0.2) is 26.7 Å². The molecule has 154 valence electrons. The molecule has 0 radical (unpaired) electrons. The number of alkyl halides is 3. The first-order chi connectivity index (χ1) is 13.8. The summed E-state index contributed by atoms with van der Waals surface area (Å²) in [6, 6.07) is 5.22. The predicted octanol–water partition coefficient (Wildman–Crippen LogP) is 3.45. The van der Waals surface area contributed by atoms with Gasteiger partial charge in [0, 0.05) is 24.2 Å². The molecule has 1 N–H and O–H groups in total. The molecule has 0 saturated heterocycles. The maximum absolute atomic E-state index is 12.6. The van der Waals surface area contributed by atoms with Crippen LogP contribution in [0, 0.1) is 0 Å². The molecular weight excluding hydrogens is 385 g/mol. The zero-order valence-electron chi connectivity index (χ0n) is 15.7. The number of pyridine rings is 1. The number of carbonyl (C=O) groups is 1. The van der Waals surface area contributed by atoms with E-state index in [0.717, 1.165) is 36.9 Å². The zero-order valence-corrected chi connectivity index (χ0v) is 15.7. The summed E-state index contributed by atoms with van der Waals surface area (Å²) in [6.45, 7) is 0. The maximum Gasteiger partial charge on any atom is 0.433 e. The van der Waals surface area contributed by atoms with Crippen LogP contribution >= 0.6 is 0 Å². The first-order valence-corrected chi connectivity index (χ1v) is 9.75. The molecule has 0 spiro atoms. The van der Waals surface area contributed by atoms with Crippen LogP contribution in [0.4, 0.5) is 13.2 Å². The number of nitrogens with one attached hydrogen (secondary N) is 1. The summed E-state index contributed by atoms with van der Waals surface area (Å²) in [4.78, 5) is 27.8. The van der Waals surface area contributed by atoms with Crippen LogP contribution in [0.2, 0.25) is 0 Å². The summed E-state index contributed by atoms with van der Waals surface area (Å²) in [5.74, 6) is 0.0236. The summed E-state index contributed by atoms with van der Waals surface area (Å²) < 4.78 is 39.3. The minimum atomic E-state index is -4.53. The van der Waals surface area contributed by atoms with Gasteiger partial charge in [0.15, 0.2) is 0 Å². The predicted molar refractivity (Wildman–Crippen MR) is 98.5 cm³/mol. The van der Waals surface area contributed by atoms with Crippen molar-refractivity contribution in [2.24, 2.45) is 0 Å². The van der Waals surface area contributed by atoms with Gasteiger partial charge in [0.1, 0.15) is 5.69 Å². The number of nitrogens with zero attached hydrogens (tertiary/aromatic N) is 3. The second-order valence-electron chi connectivity index (χ2n) is 7.72. The van der Waals surface area contributed by atoms with Crippen LogP contribution < -0.4 is 10.9 Å². The molecule has 2 saturated carbocycles. The van der Waals surface area contributed by atoms with E-state index in [4.69, 9.17) is 0 Å². The number of amides is 1. The van der Waals surface area contributed by atoms with Crippen molar-refractivity contribution in [1.29, 1.82) is 0 Å². The molecule has 0 aliphatic heterocycles. The Morgan fingerprint density at radius 1 is 1.03 bits per heavy atom. The molecule has 2 aromatic heterocycles. The maximum atomic E-state index is 12.6. The van der Waals surface area contributed by atoms with E-state index in [0.29, 0.717) is 31.6 Å². The quantitative estimate of drug-likeness (QED) is 0.844. The van der Waals surface area contributed by atoms with E-state index in [-0.39, 0.29) is 23.2 Å². The van der Waals surface area contributed by atoms with Gasteiger partial charge in [-0.25, -0.2) is 4.68 Å². The Balaban J connectivity index is 1.35. The lowest BCUT2D eigenvalue weighted by Crippen LogP contribution is -2.39. The molecule has 0 atom stereocenters. The van der Waals surface area contributed by atoms with Crippen molar-refractivity contribution in [3.8, 4) is 0 Å². The van der Waals surface area contributed by atoms with Gasteiger partial charge in [0.05, 0.1) is 17.3 Å². The fourth-order valence-corrected chi connectivity index (χ4v) is 3.73. The van der Waals surface area contributed by atoms with Gasteiger partial charge in [0.25, 0.3) is 11.5 Å². The molecular formula is C20H21F3N4O2. The van der Waals surface area contributed by atoms with Crippen molar-refractivity contribution in [3.63, 3.8) is 0 Å². The summed E-state index contributed by atoms with van der Waals surface area (Å²) in [7, 11) is 0. The highest BCUT2D eigenvalue weighted by molar-refractivity contribution is 5.94. The van der Waals surface area contributed by atoms with Crippen LogP contribution in [0.25, 0.3) is 0 Å². The Labute approximate surface area is 165 Å². The number of aromatic nitrogens is 3. The molecule has 4 rings (SSSR count). The Hall–Kier alpha value is -2.71. The molecule has 2 aromatic rings. The molecule has 2 fully saturated rings. The Bertz CT molecular complexity index is 943. The van der Waals surface area contributed by atoms with Crippen molar-refractivity contribution in [1.82, 2.24) is 20.1 Å². The smallest absolute Gasteiger partial charge is 0.349 e. The molecule has 29 heavy (non-hydrogen) atoms. The third kappa shape index (κ3) is 4.49. The van der Waals surface area contributed by atoms with Gasteiger partial charge in [-0.15, -0.1) is 0 Å². The zero-order chi connectivity index (χ0) is 20.6. The van der Waals surface area contributed by atoms with Gasteiger partial charge in [0.2, 0.25) is 0 Å². The van der Waals surface area contributed by atoms with Crippen molar-refractivity contribution in [3.05, 3.63) is 57.8 Å². The highest BCUT2D eigenvalue weighted by Gasteiger charge is 2.32. The van der Waals surface area contributed by atoms with E-state index >= 15 is 0 Å². The number of hydrogen-bond donors (Lipinski definition) is 1. The summed E-state index contributed by atoms with van der Waals surface area (Å²) in [6.07, 6.45) is 1.39. The molecule has 2 heterocycles. The Morgan fingerprint density at radius 3 is 2.34 bits per heavy atom. The van der Waals surface area contributed by atoms with Gasteiger partial charge in [-0.2, -0.15) is 18.3 Å². The van der Waals surface area contributed by atoms with Gasteiger partial charge in [-0.1, -0.05) is 0 Å². The average molecular weight is 406 g/mol. The highest BCUT2D eigenvalue weighted by atomic mass is 19.4. The van der Waals surface area contributed by atoms with E-state index in [9.17, 15) is 22.8 Å². The minimum absolute atomic E-state index is 0.00193. The van der Waals surface area contributed by atoms with Crippen molar-refractivity contribution < 1.29 is 18.0 Å². The summed E-state index contributed by atoms with van der Waals surface area (Å²) in [5, 5.41) is 7.39. The number of carbonyl (C=O) groups excluding carboxylic acids is 1. The van der Waals surface area contributed by atoms with E-state index < -0.39 is 17.8 Å². The van der Waals surface area contributed by atoms with E-state index in [1.807, 2.05) is 0 Å². The second-order valence-corrected chi connectivity index (χ2v) is 7.72. The topological polar surface area (TPSA) is 76.9 Å². The molecule has 0 aromatic carbocycles. The van der Waals surface area contributed by atoms with Gasteiger partial charge >= 0.3 is 6.18 Å². The lowest BCUT2D eigenvalue weighted by molar-refractivity contribution is -0.141. The molecule has 0 unspecified atom stereocenters. The van der Waals surface area contributed by atoms with E-state index in [1.165, 1.54) is 0 Å². The SMILES string of the molecule is O=C(NC1CCC(n2nc(C3CC3)ccc2=O)CC1)c1ccc(C(F)(F)F)nc1. The van der Waals surface area contributed by atoms with Crippen molar-refractivity contribution in [2.45, 2.75) is 62.7 Å². The van der Waals surface area contributed by atoms with Crippen LogP contribution in [-0.2, 0) is 6.18 Å². The summed E-state index contributed by atoms with van der Waals surface area (Å²) >= 11 is 0. The minimum Gasteiger partial charge on any atom is -0.349 e.